The van der Waals surface area contributed by atoms with Gasteiger partial charge in [0.25, 0.3) is 0 Å². The first-order valence-electron chi connectivity index (χ1n) is 6.19. The molecule has 0 radical (unpaired) electrons. The molecular formula is C12H20N2O2. The van der Waals surface area contributed by atoms with Crippen LogP contribution in [-0.2, 0) is 4.79 Å². The fraction of sp³-hybridized carbons (Fsp3) is 0.833. The van der Waals surface area contributed by atoms with Crippen LogP contribution < -0.4 is 0 Å². The van der Waals surface area contributed by atoms with Gasteiger partial charge in [0.1, 0.15) is 0 Å². The number of hydrogen-bond acceptors (Lipinski definition) is 2. The molecule has 16 heavy (non-hydrogen) atoms. The van der Waals surface area contributed by atoms with Crippen molar-refractivity contribution in [2.45, 2.75) is 45.1 Å². The Labute approximate surface area is 96.6 Å². The summed E-state index contributed by atoms with van der Waals surface area (Å²) in [6, 6.07) is 0.259. The normalized spacial score (nSPS) is 28.8. The Morgan fingerprint density at radius 2 is 1.75 bits per heavy atom. The van der Waals surface area contributed by atoms with Crippen LogP contribution in [0.4, 0.5) is 4.79 Å². The summed E-state index contributed by atoms with van der Waals surface area (Å²) >= 11 is 0. The average Bonchev–Trinajstić information content (AvgIpc) is 2.32. The molecule has 1 aliphatic carbocycles. The summed E-state index contributed by atoms with van der Waals surface area (Å²) in [5, 5.41) is 0. The van der Waals surface area contributed by atoms with E-state index >= 15 is 0 Å². The molecule has 0 aromatic rings. The van der Waals surface area contributed by atoms with Gasteiger partial charge in [-0.05, 0) is 12.8 Å². The third kappa shape index (κ3) is 1.93. The Bertz CT molecular complexity index is 297. The summed E-state index contributed by atoms with van der Waals surface area (Å²) < 4.78 is 0. The van der Waals surface area contributed by atoms with Gasteiger partial charge in [0.15, 0.2) is 0 Å². The Kier molecular flexibility index (Phi) is 3.17. The van der Waals surface area contributed by atoms with Crippen LogP contribution in [0, 0.1) is 5.92 Å². The molecule has 4 heteroatoms. The van der Waals surface area contributed by atoms with Gasteiger partial charge >= 0.3 is 6.03 Å². The summed E-state index contributed by atoms with van der Waals surface area (Å²) in [5.74, 6) is -0.0957. The van der Waals surface area contributed by atoms with Crippen LogP contribution in [0.3, 0.4) is 0 Å². The number of hydrogen-bond donors (Lipinski definition) is 0. The van der Waals surface area contributed by atoms with Crippen LogP contribution in [-0.4, -0.2) is 41.4 Å². The maximum absolute atomic E-state index is 12.0. The Morgan fingerprint density at radius 3 is 2.38 bits per heavy atom. The molecular weight excluding hydrogens is 204 g/mol. The molecule has 0 aromatic heterocycles. The molecule has 90 valence electrons. The van der Waals surface area contributed by atoms with E-state index in [4.69, 9.17) is 0 Å². The van der Waals surface area contributed by atoms with Crippen LogP contribution in [0.25, 0.3) is 0 Å². The summed E-state index contributed by atoms with van der Waals surface area (Å²) in [5.41, 5.74) is 0. The number of urea groups is 1. The van der Waals surface area contributed by atoms with E-state index < -0.39 is 0 Å². The van der Waals surface area contributed by atoms with Gasteiger partial charge in [-0.3, -0.25) is 9.69 Å². The zero-order valence-corrected chi connectivity index (χ0v) is 10.1. The highest BCUT2D eigenvalue weighted by atomic mass is 16.2. The highest BCUT2D eigenvalue weighted by molar-refractivity contribution is 5.97. The van der Waals surface area contributed by atoms with E-state index in [1.165, 1.54) is 24.2 Å². The molecule has 2 rings (SSSR count). The van der Waals surface area contributed by atoms with Crippen molar-refractivity contribution in [3.8, 4) is 0 Å². The SMILES string of the molecule is CC1CN(C2CCCCC2)C(=O)N(C)C1=O. The maximum Gasteiger partial charge on any atom is 0.326 e. The first-order chi connectivity index (χ1) is 7.61. The fourth-order valence-electron chi connectivity index (χ4n) is 2.77. The second kappa shape index (κ2) is 4.44. The monoisotopic (exact) mass is 224 g/mol. The number of carbonyl (C=O) groups excluding carboxylic acids is 2. The first-order valence-corrected chi connectivity index (χ1v) is 6.19. The molecule has 0 bridgehead atoms. The minimum Gasteiger partial charge on any atom is -0.321 e. The zero-order chi connectivity index (χ0) is 11.7. The third-order valence-electron chi connectivity index (χ3n) is 3.77. The average molecular weight is 224 g/mol. The van der Waals surface area contributed by atoms with Gasteiger partial charge in [0.2, 0.25) is 5.91 Å². The van der Waals surface area contributed by atoms with Crippen LogP contribution in [0.1, 0.15) is 39.0 Å². The number of nitrogens with zero attached hydrogens (tertiary/aromatic N) is 2. The van der Waals surface area contributed by atoms with Gasteiger partial charge in [-0.2, -0.15) is 0 Å². The molecule has 0 spiro atoms. The molecule has 2 aliphatic rings. The summed E-state index contributed by atoms with van der Waals surface area (Å²) in [6.07, 6.45) is 5.89. The lowest BCUT2D eigenvalue weighted by Crippen LogP contribution is -2.57. The molecule has 1 aliphatic heterocycles. The van der Waals surface area contributed by atoms with E-state index in [0.717, 1.165) is 12.8 Å². The van der Waals surface area contributed by atoms with E-state index in [1.54, 1.807) is 7.05 Å². The van der Waals surface area contributed by atoms with Crippen LogP contribution in [0.5, 0.6) is 0 Å². The highest BCUT2D eigenvalue weighted by Crippen LogP contribution is 2.26. The number of rotatable bonds is 1. The van der Waals surface area contributed by atoms with Crippen molar-refractivity contribution in [3.05, 3.63) is 0 Å². The highest BCUT2D eigenvalue weighted by Gasteiger charge is 2.37. The van der Waals surface area contributed by atoms with Crippen molar-refractivity contribution < 1.29 is 9.59 Å². The third-order valence-corrected chi connectivity index (χ3v) is 3.77. The molecule has 3 amide bonds. The van der Waals surface area contributed by atoms with Crippen molar-refractivity contribution in [1.82, 2.24) is 9.80 Å². The fourth-order valence-corrected chi connectivity index (χ4v) is 2.77. The molecule has 1 atom stereocenters. The van der Waals surface area contributed by atoms with Crippen LogP contribution in [0.2, 0.25) is 0 Å². The van der Waals surface area contributed by atoms with Gasteiger partial charge < -0.3 is 4.90 Å². The predicted octanol–water partition coefficient (Wildman–Crippen LogP) is 1.85. The second-order valence-corrected chi connectivity index (χ2v) is 5.03. The van der Waals surface area contributed by atoms with Crippen molar-refractivity contribution in [2.75, 3.05) is 13.6 Å². The molecule has 2 fully saturated rings. The zero-order valence-electron chi connectivity index (χ0n) is 10.1. The lowest BCUT2D eigenvalue weighted by molar-refractivity contribution is -0.134. The van der Waals surface area contributed by atoms with E-state index in [9.17, 15) is 9.59 Å². The van der Waals surface area contributed by atoms with E-state index in [2.05, 4.69) is 0 Å². The number of imide groups is 1. The standard InChI is InChI=1S/C12H20N2O2/c1-9-8-14(10-6-4-3-5-7-10)12(16)13(2)11(9)15/h9-10H,3-8H2,1-2H3. The van der Waals surface area contributed by atoms with E-state index in [0.29, 0.717) is 12.6 Å². The van der Waals surface area contributed by atoms with Gasteiger partial charge in [-0.15, -0.1) is 0 Å². The van der Waals surface area contributed by atoms with Gasteiger partial charge in [-0.1, -0.05) is 26.2 Å². The molecule has 1 unspecified atom stereocenters. The van der Waals surface area contributed by atoms with Gasteiger partial charge in [-0.25, -0.2) is 4.79 Å². The topological polar surface area (TPSA) is 40.6 Å². The number of amides is 3. The smallest absolute Gasteiger partial charge is 0.321 e. The Morgan fingerprint density at radius 1 is 1.12 bits per heavy atom. The molecule has 4 nitrogen and oxygen atoms in total. The summed E-state index contributed by atoms with van der Waals surface area (Å²) in [4.78, 5) is 26.8. The van der Waals surface area contributed by atoms with Crippen molar-refractivity contribution in [1.29, 1.82) is 0 Å². The van der Waals surface area contributed by atoms with E-state index in [-0.39, 0.29) is 17.9 Å². The lowest BCUT2D eigenvalue weighted by atomic mass is 9.93. The molecule has 0 aromatic carbocycles. The first kappa shape index (κ1) is 11.4. The van der Waals surface area contributed by atoms with Gasteiger partial charge in [0.05, 0.1) is 5.92 Å². The summed E-state index contributed by atoms with van der Waals surface area (Å²) in [6.45, 7) is 2.51. The second-order valence-electron chi connectivity index (χ2n) is 5.03. The summed E-state index contributed by atoms with van der Waals surface area (Å²) in [7, 11) is 1.59. The molecule has 1 heterocycles. The maximum atomic E-state index is 12.0. The molecule has 1 saturated heterocycles. The van der Waals surface area contributed by atoms with E-state index in [1.807, 2.05) is 11.8 Å². The Hall–Kier alpha value is -1.06. The molecule has 0 N–H and O–H groups in total. The minimum atomic E-state index is -0.102. The van der Waals surface area contributed by atoms with Crippen LogP contribution >= 0.6 is 0 Å². The van der Waals surface area contributed by atoms with Crippen molar-refractivity contribution in [2.24, 2.45) is 5.92 Å². The quantitative estimate of drug-likeness (QED) is 0.682. The van der Waals surface area contributed by atoms with Gasteiger partial charge in [0, 0.05) is 19.6 Å². The largest absolute Gasteiger partial charge is 0.326 e. The minimum absolute atomic E-state index is 0.0444. The number of carbonyl (C=O) groups is 2. The van der Waals surface area contributed by atoms with Crippen LogP contribution in [0.15, 0.2) is 0 Å². The van der Waals surface area contributed by atoms with Crippen molar-refractivity contribution in [3.63, 3.8) is 0 Å². The predicted molar refractivity (Wildman–Crippen MR) is 60.9 cm³/mol. The Balaban J connectivity index is 2.08. The van der Waals surface area contributed by atoms with Crippen molar-refractivity contribution >= 4 is 11.9 Å². The molecule has 1 saturated carbocycles. The lowest BCUT2D eigenvalue weighted by Gasteiger charge is -2.41.